The molecule has 3 rings (SSSR count). The fourth-order valence-electron chi connectivity index (χ4n) is 4.19. The maximum absolute atomic E-state index is 13.6. The van der Waals surface area contributed by atoms with Gasteiger partial charge in [-0.05, 0) is 54.8 Å². The first-order valence-electron chi connectivity index (χ1n) is 11.8. The van der Waals surface area contributed by atoms with Crippen molar-refractivity contribution in [3.8, 4) is 11.5 Å². The standard InChI is InChI=1S/C26H36N2O4S/c1-6-19(4)28(25(29)15-18(2)3)16-26(30)27-13-11-24-20(12-14-33-24)21(27)17-32-23-10-8-7-9-22(23)31-5/h7-10,12,14,18-19,21H,6,11,13,15-17H2,1-5H3/t19-,21+/m1/s1. The zero-order valence-corrected chi connectivity index (χ0v) is 21.2. The highest BCUT2D eigenvalue weighted by atomic mass is 32.1. The molecule has 1 aliphatic heterocycles. The Bertz CT molecular complexity index is 942. The minimum Gasteiger partial charge on any atom is -0.493 e. The number of thiophene rings is 1. The summed E-state index contributed by atoms with van der Waals surface area (Å²) in [5, 5.41) is 2.08. The van der Waals surface area contributed by atoms with Crippen LogP contribution in [0.5, 0.6) is 11.5 Å². The van der Waals surface area contributed by atoms with Crippen molar-refractivity contribution in [2.24, 2.45) is 5.92 Å². The van der Waals surface area contributed by atoms with E-state index in [1.807, 2.05) is 56.9 Å². The summed E-state index contributed by atoms with van der Waals surface area (Å²) in [4.78, 5) is 31.4. The van der Waals surface area contributed by atoms with E-state index in [4.69, 9.17) is 9.47 Å². The SMILES string of the molecule is CC[C@@H](C)N(CC(=O)N1CCc2sccc2[C@@H]1COc1ccccc1OC)C(=O)CC(C)C. The summed E-state index contributed by atoms with van der Waals surface area (Å²) < 4.78 is 11.6. The van der Waals surface area contributed by atoms with Crippen molar-refractivity contribution >= 4 is 23.2 Å². The van der Waals surface area contributed by atoms with Gasteiger partial charge in [-0.15, -0.1) is 11.3 Å². The summed E-state index contributed by atoms with van der Waals surface area (Å²) in [6.45, 7) is 9.18. The third-order valence-corrected chi connectivity index (χ3v) is 7.21. The number of nitrogens with zero attached hydrogens (tertiary/aromatic N) is 2. The van der Waals surface area contributed by atoms with E-state index in [2.05, 4.69) is 11.4 Å². The predicted octanol–water partition coefficient (Wildman–Crippen LogP) is 4.93. The van der Waals surface area contributed by atoms with Crippen molar-refractivity contribution in [2.75, 3.05) is 26.8 Å². The summed E-state index contributed by atoms with van der Waals surface area (Å²) in [6.07, 6.45) is 2.09. The van der Waals surface area contributed by atoms with E-state index < -0.39 is 0 Å². The lowest BCUT2D eigenvalue weighted by Crippen LogP contribution is -2.50. The van der Waals surface area contributed by atoms with Gasteiger partial charge in [0.25, 0.3) is 0 Å². The minimum atomic E-state index is -0.198. The van der Waals surface area contributed by atoms with Crippen LogP contribution in [0.3, 0.4) is 0 Å². The number of ether oxygens (including phenoxy) is 2. The van der Waals surface area contributed by atoms with Crippen LogP contribution in [0.4, 0.5) is 0 Å². The van der Waals surface area contributed by atoms with Crippen molar-refractivity contribution in [3.05, 3.63) is 46.2 Å². The van der Waals surface area contributed by atoms with Gasteiger partial charge in [-0.25, -0.2) is 0 Å². The monoisotopic (exact) mass is 472 g/mol. The van der Waals surface area contributed by atoms with Crippen molar-refractivity contribution in [1.29, 1.82) is 0 Å². The van der Waals surface area contributed by atoms with Crippen molar-refractivity contribution < 1.29 is 19.1 Å². The first kappa shape index (κ1) is 25.1. The molecule has 0 fully saturated rings. The summed E-state index contributed by atoms with van der Waals surface area (Å²) >= 11 is 1.72. The van der Waals surface area contributed by atoms with Crippen molar-refractivity contribution in [2.45, 2.75) is 59.0 Å². The quantitative estimate of drug-likeness (QED) is 0.492. The molecule has 0 aliphatic carbocycles. The number of fused-ring (bicyclic) bond motifs is 1. The number of rotatable bonds is 10. The molecule has 1 aromatic heterocycles. The van der Waals surface area contributed by atoms with Gasteiger partial charge in [-0.1, -0.05) is 32.9 Å². The molecule has 0 bridgehead atoms. The number of benzene rings is 1. The van der Waals surface area contributed by atoms with Gasteiger partial charge < -0.3 is 19.3 Å². The van der Waals surface area contributed by atoms with Crippen LogP contribution >= 0.6 is 11.3 Å². The molecule has 2 amide bonds. The molecule has 2 atom stereocenters. The van der Waals surface area contributed by atoms with Gasteiger partial charge in [0.15, 0.2) is 11.5 Å². The van der Waals surface area contributed by atoms with E-state index in [0.717, 1.165) is 18.4 Å². The number of methoxy groups -OCH3 is 1. The van der Waals surface area contributed by atoms with Crippen LogP contribution in [0.1, 0.15) is 57.0 Å². The average Bonchev–Trinajstić information content (AvgIpc) is 3.29. The lowest BCUT2D eigenvalue weighted by Gasteiger charge is -2.38. The molecular weight excluding hydrogens is 436 g/mol. The Kier molecular flexibility index (Phi) is 8.78. The smallest absolute Gasteiger partial charge is 0.242 e. The highest BCUT2D eigenvalue weighted by Gasteiger charge is 2.34. The molecule has 7 heteroatoms. The summed E-state index contributed by atoms with van der Waals surface area (Å²) in [5.41, 5.74) is 1.14. The molecular formula is C26H36N2O4S. The Morgan fingerprint density at radius 3 is 2.58 bits per heavy atom. The topological polar surface area (TPSA) is 59.1 Å². The molecule has 2 heterocycles. The van der Waals surface area contributed by atoms with Gasteiger partial charge in [0, 0.05) is 23.9 Å². The van der Waals surface area contributed by atoms with Crippen LogP contribution < -0.4 is 9.47 Å². The summed E-state index contributed by atoms with van der Waals surface area (Å²) in [6, 6.07) is 9.45. The molecule has 0 unspecified atom stereocenters. The predicted molar refractivity (Wildman–Crippen MR) is 132 cm³/mol. The Morgan fingerprint density at radius 2 is 1.91 bits per heavy atom. The van der Waals surface area contributed by atoms with E-state index in [9.17, 15) is 9.59 Å². The number of carbonyl (C=O) groups excluding carboxylic acids is 2. The summed E-state index contributed by atoms with van der Waals surface area (Å²) in [5.74, 6) is 1.59. The molecule has 0 spiro atoms. The molecule has 6 nitrogen and oxygen atoms in total. The van der Waals surface area contributed by atoms with Crippen molar-refractivity contribution in [1.82, 2.24) is 9.80 Å². The van der Waals surface area contributed by atoms with Gasteiger partial charge in [0.2, 0.25) is 11.8 Å². The van der Waals surface area contributed by atoms with Crippen LogP contribution in [-0.4, -0.2) is 54.5 Å². The van der Waals surface area contributed by atoms with Crippen molar-refractivity contribution in [3.63, 3.8) is 0 Å². The average molecular weight is 473 g/mol. The number of para-hydroxylation sites is 2. The highest BCUT2D eigenvalue weighted by Crippen LogP contribution is 2.35. The van der Waals surface area contributed by atoms with E-state index >= 15 is 0 Å². The number of hydrogen-bond acceptors (Lipinski definition) is 5. The Hall–Kier alpha value is -2.54. The van der Waals surface area contributed by atoms with E-state index in [1.165, 1.54) is 4.88 Å². The van der Waals surface area contributed by atoms with Crippen LogP contribution in [0, 0.1) is 5.92 Å². The molecule has 180 valence electrons. The van der Waals surface area contributed by atoms with E-state index in [-0.39, 0.29) is 36.4 Å². The largest absolute Gasteiger partial charge is 0.493 e. The molecule has 0 N–H and O–H groups in total. The molecule has 1 aromatic carbocycles. The first-order valence-corrected chi connectivity index (χ1v) is 12.6. The van der Waals surface area contributed by atoms with Gasteiger partial charge in [0.1, 0.15) is 13.2 Å². The second-order valence-electron chi connectivity index (χ2n) is 8.99. The maximum Gasteiger partial charge on any atom is 0.242 e. The minimum absolute atomic E-state index is 0.0185. The second kappa shape index (κ2) is 11.5. The highest BCUT2D eigenvalue weighted by molar-refractivity contribution is 7.10. The number of carbonyl (C=O) groups is 2. The fraction of sp³-hybridized carbons (Fsp3) is 0.538. The van der Waals surface area contributed by atoms with E-state index in [0.29, 0.717) is 31.1 Å². The Labute approximate surface area is 201 Å². The van der Waals surface area contributed by atoms with Crippen LogP contribution in [0.2, 0.25) is 0 Å². The van der Waals surface area contributed by atoms with E-state index in [1.54, 1.807) is 23.3 Å². The van der Waals surface area contributed by atoms with Gasteiger partial charge in [-0.3, -0.25) is 9.59 Å². The van der Waals surface area contributed by atoms with Gasteiger partial charge >= 0.3 is 0 Å². The molecule has 2 aromatic rings. The fourth-order valence-corrected chi connectivity index (χ4v) is 5.12. The van der Waals surface area contributed by atoms with Gasteiger partial charge in [0.05, 0.1) is 13.2 Å². The van der Waals surface area contributed by atoms with Gasteiger partial charge in [-0.2, -0.15) is 0 Å². The lowest BCUT2D eigenvalue weighted by atomic mass is 10.00. The third kappa shape index (κ3) is 6.08. The zero-order valence-electron chi connectivity index (χ0n) is 20.4. The van der Waals surface area contributed by atoms with Crippen LogP contribution in [0.15, 0.2) is 35.7 Å². The van der Waals surface area contributed by atoms with Crippen LogP contribution in [0.25, 0.3) is 0 Å². The number of amides is 2. The Morgan fingerprint density at radius 1 is 1.18 bits per heavy atom. The first-order chi connectivity index (χ1) is 15.8. The zero-order chi connectivity index (χ0) is 24.0. The number of hydrogen-bond donors (Lipinski definition) is 0. The molecule has 1 aliphatic rings. The molecule has 33 heavy (non-hydrogen) atoms. The van der Waals surface area contributed by atoms with Crippen LogP contribution in [-0.2, 0) is 16.0 Å². The lowest BCUT2D eigenvalue weighted by molar-refractivity contribution is -0.144. The molecule has 0 saturated carbocycles. The molecule has 0 saturated heterocycles. The second-order valence-corrected chi connectivity index (χ2v) is 9.99. The molecule has 0 radical (unpaired) electrons. The maximum atomic E-state index is 13.6. The normalized spacial score (nSPS) is 16.3. The third-order valence-electron chi connectivity index (χ3n) is 6.21. The summed E-state index contributed by atoms with van der Waals surface area (Å²) in [7, 11) is 1.62. The Balaban J connectivity index is 1.80.